The van der Waals surface area contributed by atoms with Crippen LogP contribution in [0, 0.1) is 6.92 Å². The van der Waals surface area contributed by atoms with E-state index in [9.17, 15) is 0 Å². The fourth-order valence-electron chi connectivity index (χ4n) is 2.22. The summed E-state index contributed by atoms with van der Waals surface area (Å²) >= 11 is 0. The maximum absolute atomic E-state index is 6.11. The van der Waals surface area contributed by atoms with Gasteiger partial charge in [0, 0.05) is 23.1 Å². The zero-order chi connectivity index (χ0) is 11.7. The Morgan fingerprint density at radius 3 is 2.81 bits per heavy atom. The van der Waals surface area contributed by atoms with Gasteiger partial charge in [-0.05, 0) is 36.5 Å². The minimum Gasteiger partial charge on any atom is -0.361 e. The van der Waals surface area contributed by atoms with E-state index in [1.54, 1.807) is 0 Å². The zero-order valence-electron chi connectivity index (χ0n) is 10.2. The number of hydrogen-bond acceptors (Lipinski definition) is 1. The molecule has 2 atom stereocenters. The molecule has 0 saturated heterocycles. The van der Waals surface area contributed by atoms with Gasteiger partial charge in [-0.2, -0.15) is 0 Å². The van der Waals surface area contributed by atoms with Gasteiger partial charge in [0.2, 0.25) is 0 Å². The largest absolute Gasteiger partial charge is 0.361 e. The maximum Gasteiger partial charge on any atom is 0.0459 e. The van der Waals surface area contributed by atoms with Gasteiger partial charge in [0.1, 0.15) is 0 Å². The number of nitrogens with one attached hydrogen (secondary N) is 1. The third-order valence-electron chi connectivity index (χ3n) is 3.47. The van der Waals surface area contributed by atoms with Gasteiger partial charge in [-0.15, -0.1) is 0 Å². The molecule has 0 spiro atoms. The van der Waals surface area contributed by atoms with Gasteiger partial charge in [-0.3, -0.25) is 0 Å². The van der Waals surface area contributed by atoms with Crippen LogP contribution < -0.4 is 5.73 Å². The van der Waals surface area contributed by atoms with Crippen LogP contribution in [0.5, 0.6) is 0 Å². The van der Waals surface area contributed by atoms with Gasteiger partial charge in [0.15, 0.2) is 0 Å². The Bertz CT molecular complexity index is 484. The van der Waals surface area contributed by atoms with Crippen molar-refractivity contribution in [3.8, 4) is 0 Å². The molecule has 0 bridgehead atoms. The van der Waals surface area contributed by atoms with E-state index < -0.39 is 0 Å². The molecule has 0 aliphatic carbocycles. The number of rotatable bonds is 3. The van der Waals surface area contributed by atoms with Crippen molar-refractivity contribution in [1.82, 2.24) is 4.98 Å². The summed E-state index contributed by atoms with van der Waals surface area (Å²) in [5.41, 5.74) is 9.95. The molecule has 2 heteroatoms. The number of H-pyrrole nitrogens is 1. The molecule has 0 fully saturated rings. The van der Waals surface area contributed by atoms with Gasteiger partial charge in [-0.1, -0.05) is 26.0 Å². The number of hydrogen-bond donors (Lipinski definition) is 2. The van der Waals surface area contributed by atoms with E-state index in [1.807, 2.05) is 0 Å². The van der Waals surface area contributed by atoms with Crippen molar-refractivity contribution in [1.29, 1.82) is 0 Å². The van der Waals surface area contributed by atoms with Crippen LogP contribution in [0.4, 0.5) is 0 Å². The summed E-state index contributed by atoms with van der Waals surface area (Å²) in [5, 5.41) is 1.31. The van der Waals surface area contributed by atoms with Crippen molar-refractivity contribution in [2.24, 2.45) is 5.73 Å². The predicted octanol–water partition coefficient (Wildman–Crippen LogP) is 3.32. The van der Waals surface area contributed by atoms with Crippen molar-refractivity contribution >= 4 is 10.9 Å². The molecule has 0 saturated carbocycles. The molecular formula is C14H20N2. The topological polar surface area (TPSA) is 41.8 Å². The SMILES string of the molecule is CC[C@H](N)[C@H](C)c1c[nH]c2cc(C)ccc12. The maximum atomic E-state index is 6.11. The van der Waals surface area contributed by atoms with Crippen LogP contribution in [-0.4, -0.2) is 11.0 Å². The number of nitrogens with two attached hydrogens (primary N) is 1. The Kier molecular flexibility index (Phi) is 3.01. The third kappa shape index (κ3) is 1.85. The average Bonchev–Trinajstić information content (AvgIpc) is 2.69. The predicted molar refractivity (Wildman–Crippen MR) is 69.7 cm³/mol. The van der Waals surface area contributed by atoms with Crippen LogP contribution in [0.1, 0.15) is 37.3 Å². The molecule has 0 amide bonds. The molecule has 86 valence electrons. The normalized spacial score (nSPS) is 15.2. The second kappa shape index (κ2) is 4.30. The van der Waals surface area contributed by atoms with Crippen LogP contribution in [0.15, 0.2) is 24.4 Å². The average molecular weight is 216 g/mol. The molecular weight excluding hydrogens is 196 g/mol. The van der Waals surface area contributed by atoms with Crippen LogP contribution in [0.25, 0.3) is 10.9 Å². The third-order valence-corrected chi connectivity index (χ3v) is 3.47. The van der Waals surface area contributed by atoms with E-state index in [0.717, 1.165) is 6.42 Å². The first kappa shape index (κ1) is 11.2. The second-order valence-corrected chi connectivity index (χ2v) is 4.65. The van der Waals surface area contributed by atoms with Crippen LogP contribution in [0.2, 0.25) is 0 Å². The highest BCUT2D eigenvalue weighted by Crippen LogP contribution is 2.28. The van der Waals surface area contributed by atoms with Crippen LogP contribution >= 0.6 is 0 Å². The summed E-state index contributed by atoms with van der Waals surface area (Å²) < 4.78 is 0. The number of aromatic nitrogens is 1. The molecule has 2 rings (SSSR count). The van der Waals surface area contributed by atoms with Gasteiger partial charge < -0.3 is 10.7 Å². The summed E-state index contributed by atoms with van der Waals surface area (Å²) in [7, 11) is 0. The van der Waals surface area contributed by atoms with Crippen LogP contribution in [-0.2, 0) is 0 Å². The van der Waals surface area contributed by atoms with Gasteiger partial charge >= 0.3 is 0 Å². The van der Waals surface area contributed by atoms with E-state index in [-0.39, 0.29) is 6.04 Å². The molecule has 0 unspecified atom stereocenters. The quantitative estimate of drug-likeness (QED) is 0.812. The molecule has 0 aliphatic rings. The minimum atomic E-state index is 0.236. The molecule has 0 aliphatic heterocycles. The van der Waals surface area contributed by atoms with Crippen LogP contribution in [0.3, 0.4) is 0 Å². The zero-order valence-corrected chi connectivity index (χ0v) is 10.2. The molecule has 1 aromatic heterocycles. The standard InChI is InChI=1S/C14H20N2/c1-4-13(15)10(3)12-8-16-14-7-9(2)5-6-11(12)14/h5-8,10,13,16H,4,15H2,1-3H3/t10-,13+/m1/s1. The Morgan fingerprint density at radius 1 is 1.38 bits per heavy atom. The number of fused-ring (bicyclic) bond motifs is 1. The van der Waals surface area contributed by atoms with Crippen molar-refractivity contribution < 1.29 is 0 Å². The first-order chi connectivity index (χ1) is 7.63. The lowest BCUT2D eigenvalue weighted by Crippen LogP contribution is -2.25. The summed E-state index contributed by atoms with van der Waals surface area (Å²) in [6.45, 7) is 6.46. The van der Waals surface area contributed by atoms with E-state index >= 15 is 0 Å². The number of aromatic amines is 1. The van der Waals surface area contributed by atoms with E-state index in [4.69, 9.17) is 5.73 Å². The molecule has 3 N–H and O–H groups in total. The van der Waals surface area contributed by atoms with E-state index in [2.05, 4.69) is 50.2 Å². The Hall–Kier alpha value is -1.28. The summed E-state index contributed by atoms with van der Waals surface area (Å²) in [6, 6.07) is 6.77. The molecule has 16 heavy (non-hydrogen) atoms. The highest BCUT2D eigenvalue weighted by Gasteiger charge is 2.16. The molecule has 0 radical (unpaired) electrons. The number of aryl methyl sites for hydroxylation is 1. The first-order valence-electron chi connectivity index (χ1n) is 5.96. The van der Waals surface area contributed by atoms with Crippen molar-refractivity contribution in [3.63, 3.8) is 0 Å². The molecule has 1 aromatic carbocycles. The monoisotopic (exact) mass is 216 g/mol. The summed E-state index contributed by atoms with van der Waals surface area (Å²) in [5.74, 6) is 0.404. The van der Waals surface area contributed by atoms with Gasteiger partial charge in [0.05, 0.1) is 0 Å². The number of benzene rings is 1. The van der Waals surface area contributed by atoms with Gasteiger partial charge in [-0.25, -0.2) is 0 Å². The van der Waals surface area contributed by atoms with Crippen molar-refractivity contribution in [3.05, 3.63) is 35.5 Å². The first-order valence-corrected chi connectivity index (χ1v) is 5.96. The Balaban J connectivity index is 2.45. The molecule has 2 aromatic rings. The lowest BCUT2D eigenvalue weighted by molar-refractivity contribution is 0.554. The van der Waals surface area contributed by atoms with Gasteiger partial charge in [0.25, 0.3) is 0 Å². The Labute approximate surface area is 96.9 Å². The fraction of sp³-hybridized carbons (Fsp3) is 0.429. The van der Waals surface area contributed by atoms with E-state index in [0.29, 0.717) is 5.92 Å². The van der Waals surface area contributed by atoms with Crippen molar-refractivity contribution in [2.75, 3.05) is 0 Å². The highest BCUT2D eigenvalue weighted by molar-refractivity contribution is 5.84. The minimum absolute atomic E-state index is 0.236. The second-order valence-electron chi connectivity index (χ2n) is 4.65. The fourth-order valence-corrected chi connectivity index (χ4v) is 2.22. The summed E-state index contributed by atoms with van der Waals surface area (Å²) in [4.78, 5) is 3.33. The summed E-state index contributed by atoms with van der Waals surface area (Å²) in [6.07, 6.45) is 3.12. The Morgan fingerprint density at radius 2 is 2.12 bits per heavy atom. The molecule has 1 heterocycles. The lowest BCUT2D eigenvalue weighted by Gasteiger charge is -2.17. The smallest absolute Gasteiger partial charge is 0.0459 e. The van der Waals surface area contributed by atoms with E-state index in [1.165, 1.54) is 22.0 Å². The lowest BCUT2D eigenvalue weighted by atomic mass is 9.92. The van der Waals surface area contributed by atoms with Crippen molar-refractivity contribution in [2.45, 2.75) is 39.2 Å². The highest BCUT2D eigenvalue weighted by atomic mass is 14.7. The molecule has 2 nitrogen and oxygen atoms in total.